The summed E-state index contributed by atoms with van der Waals surface area (Å²) in [5.74, 6) is 0.0421. The second-order valence-corrected chi connectivity index (χ2v) is 6.68. The highest BCUT2D eigenvalue weighted by Gasteiger charge is 2.41. The summed E-state index contributed by atoms with van der Waals surface area (Å²) in [6.07, 6.45) is 0. The molecule has 1 aliphatic rings. The molecule has 0 aromatic heterocycles. The molecule has 2 aromatic rings. The van der Waals surface area contributed by atoms with E-state index in [0.717, 1.165) is 16.8 Å². The van der Waals surface area contributed by atoms with Crippen molar-refractivity contribution in [2.75, 3.05) is 18.1 Å². The summed E-state index contributed by atoms with van der Waals surface area (Å²) in [6, 6.07) is 14.1. The molecule has 3 N–H and O–H groups in total. The van der Waals surface area contributed by atoms with Crippen LogP contribution in [0.4, 0.5) is 11.4 Å². The number of carbonyl (C=O) groups is 1. The zero-order valence-corrected chi connectivity index (χ0v) is 14.1. The fourth-order valence-electron chi connectivity index (χ4n) is 3.10. The summed E-state index contributed by atoms with van der Waals surface area (Å²) in [5.41, 5.74) is 10.3. The largest absolute Gasteiger partial charge is 0.397 e. The van der Waals surface area contributed by atoms with Gasteiger partial charge >= 0.3 is 0 Å². The molecule has 4 heteroatoms. The highest BCUT2D eigenvalue weighted by Crippen LogP contribution is 2.41. The number of nitrogen functional groups attached to an aromatic ring is 1. The highest BCUT2D eigenvalue weighted by atomic mass is 16.2. The minimum Gasteiger partial charge on any atom is -0.397 e. The summed E-state index contributed by atoms with van der Waals surface area (Å²) in [5, 5.41) is 3.42. The molecule has 0 saturated carbocycles. The first-order chi connectivity index (χ1) is 10.8. The van der Waals surface area contributed by atoms with Crippen molar-refractivity contribution < 1.29 is 4.79 Å². The summed E-state index contributed by atoms with van der Waals surface area (Å²) in [7, 11) is 1.83. The highest BCUT2D eigenvalue weighted by molar-refractivity contribution is 6.01. The molecule has 1 aliphatic heterocycles. The van der Waals surface area contributed by atoms with Crippen molar-refractivity contribution in [3.8, 4) is 0 Å². The molecular weight excluding hydrogens is 286 g/mol. The Bertz CT molecular complexity index is 753. The van der Waals surface area contributed by atoms with Crippen molar-refractivity contribution in [2.45, 2.75) is 32.4 Å². The number of hydrogen-bond donors (Lipinski definition) is 2. The predicted octanol–water partition coefficient (Wildman–Crippen LogP) is 3.76. The smallest absolute Gasteiger partial charge is 0.254 e. The van der Waals surface area contributed by atoms with Crippen LogP contribution >= 0.6 is 0 Å². The first-order valence-corrected chi connectivity index (χ1v) is 7.86. The second-order valence-electron chi connectivity index (χ2n) is 6.68. The third-order valence-corrected chi connectivity index (χ3v) is 4.89. The third kappa shape index (κ3) is 2.44. The van der Waals surface area contributed by atoms with Crippen molar-refractivity contribution in [3.05, 3.63) is 59.2 Å². The van der Waals surface area contributed by atoms with Gasteiger partial charge in [0.25, 0.3) is 5.91 Å². The quantitative estimate of drug-likeness (QED) is 0.849. The molecule has 1 amide bonds. The van der Waals surface area contributed by atoms with Crippen LogP contribution in [-0.4, -0.2) is 17.9 Å². The van der Waals surface area contributed by atoms with Crippen LogP contribution in [0.2, 0.25) is 0 Å². The summed E-state index contributed by atoms with van der Waals surface area (Å²) in [4.78, 5) is 14.3. The SMILES string of the molecule is CC(Nc1cc2c(cc1N)C(C)(C)N(C)C2=O)c1ccccc1. The molecule has 0 radical (unpaired) electrons. The van der Waals surface area contributed by atoms with Gasteiger partial charge in [-0.15, -0.1) is 0 Å². The lowest BCUT2D eigenvalue weighted by Crippen LogP contribution is -2.35. The Balaban J connectivity index is 1.96. The Kier molecular flexibility index (Phi) is 3.55. The molecule has 1 unspecified atom stereocenters. The Morgan fingerprint density at radius 2 is 1.83 bits per heavy atom. The summed E-state index contributed by atoms with van der Waals surface area (Å²) < 4.78 is 0. The van der Waals surface area contributed by atoms with Gasteiger partial charge in [-0.2, -0.15) is 0 Å². The standard InChI is InChI=1S/C19H23N3O/c1-12(13-8-6-5-7-9-13)21-17-10-14-15(11-16(17)20)19(2,3)22(4)18(14)23/h5-12,21H,20H2,1-4H3. The van der Waals surface area contributed by atoms with Crippen LogP contribution in [0.3, 0.4) is 0 Å². The number of benzene rings is 2. The van der Waals surface area contributed by atoms with Crippen molar-refractivity contribution >= 4 is 17.3 Å². The number of hydrogen-bond acceptors (Lipinski definition) is 3. The van der Waals surface area contributed by atoms with Crippen molar-refractivity contribution in [1.29, 1.82) is 0 Å². The van der Waals surface area contributed by atoms with Gasteiger partial charge in [0.05, 0.1) is 16.9 Å². The Hall–Kier alpha value is -2.49. The first kappa shape index (κ1) is 15.4. The van der Waals surface area contributed by atoms with Gasteiger partial charge in [0.15, 0.2) is 0 Å². The molecule has 1 atom stereocenters. The van der Waals surface area contributed by atoms with Crippen LogP contribution < -0.4 is 11.1 Å². The molecule has 23 heavy (non-hydrogen) atoms. The van der Waals surface area contributed by atoms with Gasteiger partial charge in [0, 0.05) is 18.7 Å². The minimum absolute atomic E-state index is 0.0421. The average Bonchev–Trinajstić information content (AvgIpc) is 2.70. The van der Waals surface area contributed by atoms with E-state index in [4.69, 9.17) is 5.73 Å². The zero-order valence-electron chi connectivity index (χ0n) is 14.1. The van der Waals surface area contributed by atoms with Crippen LogP contribution in [-0.2, 0) is 5.54 Å². The molecule has 0 bridgehead atoms. The molecule has 1 heterocycles. The maximum absolute atomic E-state index is 12.5. The minimum atomic E-state index is -0.329. The predicted molar refractivity (Wildman–Crippen MR) is 94.5 cm³/mol. The van der Waals surface area contributed by atoms with E-state index in [-0.39, 0.29) is 17.5 Å². The van der Waals surface area contributed by atoms with E-state index < -0.39 is 0 Å². The van der Waals surface area contributed by atoms with Crippen LogP contribution in [0.1, 0.15) is 48.3 Å². The van der Waals surface area contributed by atoms with E-state index in [0.29, 0.717) is 5.69 Å². The van der Waals surface area contributed by atoms with Crippen molar-refractivity contribution in [1.82, 2.24) is 4.90 Å². The normalized spacial score (nSPS) is 17.0. The second kappa shape index (κ2) is 5.30. The fraction of sp³-hybridized carbons (Fsp3) is 0.316. The van der Waals surface area contributed by atoms with Gasteiger partial charge in [-0.3, -0.25) is 4.79 Å². The molecule has 0 spiro atoms. The van der Waals surface area contributed by atoms with Crippen LogP contribution in [0, 0.1) is 0 Å². The molecular formula is C19H23N3O. The lowest BCUT2D eigenvalue weighted by atomic mass is 9.93. The Morgan fingerprint density at radius 1 is 1.17 bits per heavy atom. The Labute approximate surface area is 137 Å². The van der Waals surface area contributed by atoms with Crippen molar-refractivity contribution in [3.63, 3.8) is 0 Å². The van der Waals surface area contributed by atoms with Gasteiger partial charge in [0.1, 0.15) is 0 Å². The van der Waals surface area contributed by atoms with Gasteiger partial charge in [-0.05, 0) is 44.0 Å². The zero-order chi connectivity index (χ0) is 16.8. The van der Waals surface area contributed by atoms with E-state index >= 15 is 0 Å². The van der Waals surface area contributed by atoms with Gasteiger partial charge in [-0.25, -0.2) is 0 Å². The number of rotatable bonds is 3. The lowest BCUT2D eigenvalue weighted by Gasteiger charge is -2.28. The molecule has 2 aromatic carbocycles. The van der Waals surface area contributed by atoms with Crippen LogP contribution in [0.25, 0.3) is 0 Å². The van der Waals surface area contributed by atoms with E-state index in [1.165, 1.54) is 5.56 Å². The summed E-state index contributed by atoms with van der Waals surface area (Å²) in [6.45, 7) is 6.16. The average molecular weight is 309 g/mol. The van der Waals surface area contributed by atoms with E-state index in [2.05, 4.69) is 24.4 Å². The maximum Gasteiger partial charge on any atom is 0.254 e. The fourth-order valence-corrected chi connectivity index (χ4v) is 3.10. The molecule has 0 fully saturated rings. The van der Waals surface area contributed by atoms with Crippen LogP contribution in [0.5, 0.6) is 0 Å². The third-order valence-electron chi connectivity index (χ3n) is 4.89. The van der Waals surface area contributed by atoms with Crippen LogP contribution in [0.15, 0.2) is 42.5 Å². The number of fused-ring (bicyclic) bond motifs is 1. The number of amides is 1. The van der Waals surface area contributed by atoms with Crippen molar-refractivity contribution in [2.24, 2.45) is 0 Å². The van der Waals surface area contributed by atoms with E-state index in [1.54, 1.807) is 4.90 Å². The van der Waals surface area contributed by atoms with Gasteiger partial charge in [-0.1, -0.05) is 30.3 Å². The number of nitrogens with two attached hydrogens (primary N) is 1. The van der Waals surface area contributed by atoms with E-state index in [1.807, 2.05) is 51.2 Å². The molecule has 0 aliphatic carbocycles. The first-order valence-electron chi connectivity index (χ1n) is 7.86. The number of nitrogens with zero attached hydrogens (tertiary/aromatic N) is 1. The summed E-state index contributed by atoms with van der Waals surface area (Å²) >= 11 is 0. The topological polar surface area (TPSA) is 58.4 Å². The van der Waals surface area contributed by atoms with Gasteiger partial charge in [0.2, 0.25) is 0 Å². The van der Waals surface area contributed by atoms with E-state index in [9.17, 15) is 4.79 Å². The maximum atomic E-state index is 12.5. The molecule has 3 rings (SSSR count). The lowest BCUT2D eigenvalue weighted by molar-refractivity contribution is 0.0691. The Morgan fingerprint density at radius 3 is 2.48 bits per heavy atom. The van der Waals surface area contributed by atoms with Gasteiger partial charge < -0.3 is 16.0 Å². The molecule has 0 saturated heterocycles. The number of carbonyl (C=O) groups excluding carboxylic acids is 1. The molecule has 4 nitrogen and oxygen atoms in total. The molecule has 120 valence electrons. The monoisotopic (exact) mass is 309 g/mol. The number of nitrogens with one attached hydrogen (secondary N) is 1. The number of anilines is 2.